The van der Waals surface area contributed by atoms with Gasteiger partial charge >= 0.3 is 5.97 Å². The van der Waals surface area contributed by atoms with Crippen molar-refractivity contribution >= 4 is 11.9 Å². The van der Waals surface area contributed by atoms with Gasteiger partial charge in [0.05, 0.1) is 0 Å². The number of aliphatic hydroxyl groups excluding tert-OH is 1. The molecule has 0 radical (unpaired) electrons. The summed E-state index contributed by atoms with van der Waals surface area (Å²) in [4.78, 5) is 22.4. The molecule has 0 aliphatic carbocycles. The highest BCUT2D eigenvalue weighted by molar-refractivity contribution is 5.86. The summed E-state index contributed by atoms with van der Waals surface area (Å²) < 4.78 is 0. The zero-order valence-electron chi connectivity index (χ0n) is 10.2. The Morgan fingerprint density at radius 1 is 1.25 bits per heavy atom. The summed E-state index contributed by atoms with van der Waals surface area (Å²) in [6.45, 7) is 7.01. The summed E-state index contributed by atoms with van der Waals surface area (Å²) in [7, 11) is 0. The Labute approximate surface area is 95.9 Å². The summed E-state index contributed by atoms with van der Waals surface area (Å²) in [6, 6.07) is -0.953. The molecule has 94 valence electrons. The number of carbonyl (C=O) groups excluding carboxylic acids is 1. The molecule has 0 bridgehead atoms. The fourth-order valence-corrected chi connectivity index (χ4v) is 1.23. The molecule has 0 saturated carbocycles. The van der Waals surface area contributed by atoms with E-state index in [1.54, 1.807) is 20.8 Å². The first-order valence-corrected chi connectivity index (χ1v) is 5.52. The van der Waals surface area contributed by atoms with E-state index in [2.05, 4.69) is 5.32 Å². The smallest absolute Gasteiger partial charge is 0.326 e. The van der Waals surface area contributed by atoms with Crippen LogP contribution in [-0.2, 0) is 9.59 Å². The molecule has 1 amide bonds. The maximum atomic E-state index is 11.5. The third kappa shape index (κ3) is 4.18. The molecule has 0 fully saturated rings. The van der Waals surface area contributed by atoms with Gasteiger partial charge in [-0.1, -0.05) is 34.1 Å². The Kier molecular flexibility index (Phi) is 6.03. The minimum absolute atomic E-state index is 0.179. The average Bonchev–Trinajstić information content (AvgIpc) is 2.22. The highest BCUT2D eigenvalue weighted by Gasteiger charge is 2.28. The molecular formula is C11H21NO4. The van der Waals surface area contributed by atoms with Crippen molar-refractivity contribution in [1.29, 1.82) is 0 Å². The van der Waals surface area contributed by atoms with Gasteiger partial charge in [-0.25, -0.2) is 4.79 Å². The number of hydrogen-bond donors (Lipinski definition) is 3. The first-order valence-electron chi connectivity index (χ1n) is 5.52. The third-order valence-corrected chi connectivity index (χ3v) is 2.68. The van der Waals surface area contributed by atoms with Crippen LogP contribution in [0.2, 0.25) is 0 Å². The van der Waals surface area contributed by atoms with Crippen molar-refractivity contribution in [3.8, 4) is 0 Å². The van der Waals surface area contributed by atoms with E-state index >= 15 is 0 Å². The van der Waals surface area contributed by atoms with Gasteiger partial charge in [0, 0.05) is 0 Å². The minimum Gasteiger partial charge on any atom is -0.480 e. The van der Waals surface area contributed by atoms with Gasteiger partial charge in [0.15, 0.2) is 0 Å². The van der Waals surface area contributed by atoms with Crippen LogP contribution in [0.15, 0.2) is 0 Å². The number of nitrogens with one attached hydrogen (secondary N) is 1. The number of hydrogen-bond acceptors (Lipinski definition) is 3. The molecule has 0 saturated heterocycles. The molecule has 3 atom stereocenters. The van der Waals surface area contributed by atoms with Crippen LogP contribution in [0.1, 0.15) is 34.1 Å². The predicted octanol–water partition coefficient (Wildman–Crippen LogP) is 0.619. The number of carbonyl (C=O) groups is 2. The number of amides is 1. The maximum absolute atomic E-state index is 11.5. The van der Waals surface area contributed by atoms with E-state index in [0.717, 1.165) is 0 Å². The lowest BCUT2D eigenvalue weighted by Crippen LogP contribution is -2.49. The molecule has 5 nitrogen and oxygen atoms in total. The van der Waals surface area contributed by atoms with Crippen molar-refractivity contribution in [2.24, 2.45) is 11.8 Å². The third-order valence-electron chi connectivity index (χ3n) is 2.68. The second-order valence-electron chi connectivity index (χ2n) is 4.40. The molecular weight excluding hydrogens is 210 g/mol. The summed E-state index contributed by atoms with van der Waals surface area (Å²) in [5.74, 6) is -2.10. The van der Waals surface area contributed by atoms with Gasteiger partial charge in [-0.05, 0) is 11.8 Å². The standard InChI is InChI=1S/C11H21NO4/c1-5-7(4)9(13)10(14)12-8(6(2)3)11(15)16/h6-9,13H,5H2,1-4H3,(H,12,14)(H,15,16)/t7-,8-,9+/m0/s1. The van der Waals surface area contributed by atoms with Crippen LogP contribution in [0.3, 0.4) is 0 Å². The zero-order chi connectivity index (χ0) is 12.9. The molecule has 0 aromatic rings. The van der Waals surface area contributed by atoms with Crippen LogP contribution in [0.5, 0.6) is 0 Å². The molecule has 0 aromatic carbocycles. The van der Waals surface area contributed by atoms with E-state index in [1.165, 1.54) is 0 Å². The van der Waals surface area contributed by atoms with E-state index in [-0.39, 0.29) is 11.8 Å². The first kappa shape index (κ1) is 14.9. The minimum atomic E-state index is -1.15. The largest absolute Gasteiger partial charge is 0.480 e. The molecule has 16 heavy (non-hydrogen) atoms. The average molecular weight is 231 g/mol. The van der Waals surface area contributed by atoms with Gasteiger partial charge in [0.2, 0.25) is 5.91 Å². The van der Waals surface area contributed by atoms with Gasteiger partial charge in [0.25, 0.3) is 0 Å². The van der Waals surface area contributed by atoms with Crippen LogP contribution >= 0.6 is 0 Å². The van der Waals surface area contributed by atoms with Crippen LogP contribution in [0.4, 0.5) is 0 Å². The van der Waals surface area contributed by atoms with Gasteiger partial charge in [-0.3, -0.25) is 4.79 Å². The van der Waals surface area contributed by atoms with Crippen molar-refractivity contribution in [3.63, 3.8) is 0 Å². The normalized spacial score (nSPS) is 16.6. The number of rotatable bonds is 6. The van der Waals surface area contributed by atoms with E-state index < -0.39 is 24.0 Å². The van der Waals surface area contributed by atoms with Crippen LogP contribution in [0.25, 0.3) is 0 Å². The SMILES string of the molecule is CC[C@H](C)[C@@H](O)C(=O)N[C@H](C(=O)O)C(C)C. The van der Waals surface area contributed by atoms with Gasteiger partial charge in [0.1, 0.15) is 12.1 Å². The summed E-state index contributed by atoms with van der Waals surface area (Å²) in [5, 5.41) is 20.8. The predicted molar refractivity (Wildman–Crippen MR) is 59.9 cm³/mol. The van der Waals surface area contributed by atoms with Crippen molar-refractivity contribution < 1.29 is 19.8 Å². The van der Waals surface area contributed by atoms with Crippen molar-refractivity contribution in [2.75, 3.05) is 0 Å². The van der Waals surface area contributed by atoms with E-state index in [4.69, 9.17) is 5.11 Å². The summed E-state index contributed by atoms with van der Waals surface area (Å²) >= 11 is 0. The highest BCUT2D eigenvalue weighted by Crippen LogP contribution is 2.09. The van der Waals surface area contributed by atoms with Gasteiger partial charge in [-0.2, -0.15) is 0 Å². The zero-order valence-corrected chi connectivity index (χ0v) is 10.2. The van der Waals surface area contributed by atoms with Crippen LogP contribution in [0, 0.1) is 11.8 Å². The molecule has 5 heteroatoms. The number of aliphatic carboxylic acids is 1. The van der Waals surface area contributed by atoms with Crippen molar-refractivity contribution in [2.45, 2.75) is 46.3 Å². The van der Waals surface area contributed by atoms with E-state index in [1.807, 2.05) is 6.92 Å². The molecule has 0 rings (SSSR count). The Hall–Kier alpha value is -1.10. The topological polar surface area (TPSA) is 86.6 Å². The summed E-state index contributed by atoms with van der Waals surface area (Å²) in [5.41, 5.74) is 0. The van der Waals surface area contributed by atoms with Crippen molar-refractivity contribution in [1.82, 2.24) is 5.32 Å². The van der Waals surface area contributed by atoms with E-state index in [9.17, 15) is 14.7 Å². The fourth-order valence-electron chi connectivity index (χ4n) is 1.23. The Balaban J connectivity index is 4.46. The lowest BCUT2D eigenvalue weighted by atomic mass is 9.99. The Morgan fingerprint density at radius 2 is 1.75 bits per heavy atom. The lowest BCUT2D eigenvalue weighted by Gasteiger charge is -2.22. The fraction of sp³-hybridized carbons (Fsp3) is 0.818. The second kappa shape index (κ2) is 6.48. The molecule has 3 N–H and O–H groups in total. The maximum Gasteiger partial charge on any atom is 0.326 e. The van der Waals surface area contributed by atoms with Gasteiger partial charge in [-0.15, -0.1) is 0 Å². The molecule has 0 aliphatic rings. The molecule has 0 aliphatic heterocycles. The molecule has 0 unspecified atom stereocenters. The number of carboxylic acid groups (broad SMARTS) is 1. The van der Waals surface area contributed by atoms with Crippen LogP contribution < -0.4 is 5.32 Å². The van der Waals surface area contributed by atoms with E-state index in [0.29, 0.717) is 6.42 Å². The Bertz CT molecular complexity index is 252. The van der Waals surface area contributed by atoms with Gasteiger partial charge < -0.3 is 15.5 Å². The quantitative estimate of drug-likeness (QED) is 0.625. The molecule has 0 spiro atoms. The summed E-state index contributed by atoms with van der Waals surface area (Å²) in [6.07, 6.45) is -0.487. The number of carboxylic acids is 1. The van der Waals surface area contributed by atoms with Crippen LogP contribution in [-0.4, -0.2) is 34.2 Å². The van der Waals surface area contributed by atoms with Crippen molar-refractivity contribution in [3.05, 3.63) is 0 Å². The number of aliphatic hydroxyl groups is 1. The monoisotopic (exact) mass is 231 g/mol. The molecule has 0 aromatic heterocycles. The Morgan fingerprint density at radius 3 is 2.06 bits per heavy atom. The lowest BCUT2D eigenvalue weighted by molar-refractivity contribution is -0.145. The first-order chi connectivity index (χ1) is 7.31. The highest BCUT2D eigenvalue weighted by atomic mass is 16.4. The second-order valence-corrected chi connectivity index (χ2v) is 4.40. The molecule has 0 heterocycles.